The minimum atomic E-state index is -0.255. The number of benzene rings is 1. The van der Waals surface area contributed by atoms with Crippen LogP contribution in [0.4, 0.5) is 10.5 Å². The quantitative estimate of drug-likeness (QED) is 0.521. The molecular formula is C19H29N5O3. The van der Waals surface area contributed by atoms with Gasteiger partial charge in [-0.25, -0.2) is 9.79 Å². The summed E-state index contributed by atoms with van der Waals surface area (Å²) < 4.78 is 5.04. The van der Waals surface area contributed by atoms with Crippen LogP contribution in [-0.2, 0) is 9.53 Å². The van der Waals surface area contributed by atoms with Crippen molar-refractivity contribution in [2.45, 2.75) is 32.7 Å². The highest BCUT2D eigenvalue weighted by Gasteiger charge is 2.24. The van der Waals surface area contributed by atoms with Gasteiger partial charge >= 0.3 is 6.09 Å². The molecule has 0 saturated carbocycles. The summed E-state index contributed by atoms with van der Waals surface area (Å²) in [4.78, 5) is 29.9. The van der Waals surface area contributed by atoms with Crippen LogP contribution in [0, 0.1) is 0 Å². The molecule has 0 aliphatic carbocycles. The molecule has 0 bridgehead atoms. The normalized spacial score (nSPS) is 15.2. The van der Waals surface area contributed by atoms with Crippen LogP contribution in [0.5, 0.6) is 0 Å². The maximum absolute atomic E-state index is 12.1. The van der Waals surface area contributed by atoms with E-state index in [9.17, 15) is 9.59 Å². The standard InChI is InChI=1S/C19H29N5O3/c1-3-20-18(21-14-17(25)22-15-8-6-5-7-9-15)23-16-10-12-24(13-11-16)19(26)27-4-2/h5-9,16H,3-4,10-14H2,1-2H3,(H,22,25)(H2,20,21,23). The van der Waals surface area contributed by atoms with E-state index in [4.69, 9.17) is 4.74 Å². The van der Waals surface area contributed by atoms with E-state index in [-0.39, 0.29) is 24.6 Å². The molecule has 1 saturated heterocycles. The minimum Gasteiger partial charge on any atom is -0.450 e. The van der Waals surface area contributed by atoms with Gasteiger partial charge in [-0.15, -0.1) is 0 Å². The smallest absolute Gasteiger partial charge is 0.409 e. The Morgan fingerprint density at radius 1 is 1.19 bits per heavy atom. The fraction of sp³-hybridized carbons (Fsp3) is 0.526. The zero-order chi connectivity index (χ0) is 19.5. The number of piperidine rings is 1. The molecule has 8 nitrogen and oxygen atoms in total. The number of nitrogens with zero attached hydrogens (tertiary/aromatic N) is 2. The lowest BCUT2D eigenvalue weighted by Crippen LogP contribution is -2.50. The van der Waals surface area contributed by atoms with Gasteiger partial charge in [-0.3, -0.25) is 4.79 Å². The van der Waals surface area contributed by atoms with Gasteiger partial charge in [0.2, 0.25) is 5.91 Å². The fourth-order valence-electron chi connectivity index (χ4n) is 2.81. The highest BCUT2D eigenvalue weighted by Crippen LogP contribution is 2.11. The van der Waals surface area contributed by atoms with E-state index in [1.165, 1.54) is 0 Å². The predicted molar refractivity (Wildman–Crippen MR) is 106 cm³/mol. The number of hydrogen-bond acceptors (Lipinski definition) is 4. The number of para-hydroxylation sites is 1. The summed E-state index contributed by atoms with van der Waals surface area (Å²) in [5, 5.41) is 9.32. The van der Waals surface area contributed by atoms with E-state index >= 15 is 0 Å². The number of carbonyl (C=O) groups excluding carboxylic acids is 2. The lowest BCUT2D eigenvalue weighted by atomic mass is 10.1. The van der Waals surface area contributed by atoms with E-state index in [0.717, 1.165) is 18.5 Å². The van der Waals surface area contributed by atoms with Gasteiger partial charge in [0.15, 0.2) is 5.96 Å². The molecule has 1 fully saturated rings. The van der Waals surface area contributed by atoms with Crippen molar-refractivity contribution in [3.05, 3.63) is 30.3 Å². The van der Waals surface area contributed by atoms with Gasteiger partial charge in [-0.05, 0) is 38.8 Å². The molecule has 148 valence electrons. The minimum absolute atomic E-state index is 0.0336. The van der Waals surface area contributed by atoms with Crippen molar-refractivity contribution in [3.8, 4) is 0 Å². The number of guanidine groups is 1. The molecular weight excluding hydrogens is 346 g/mol. The molecule has 1 heterocycles. The van der Waals surface area contributed by atoms with Crippen LogP contribution in [0.3, 0.4) is 0 Å². The molecule has 8 heteroatoms. The highest BCUT2D eigenvalue weighted by molar-refractivity contribution is 5.94. The average molecular weight is 375 g/mol. The first-order valence-corrected chi connectivity index (χ1v) is 9.43. The van der Waals surface area contributed by atoms with E-state index in [1.54, 1.807) is 11.8 Å². The van der Waals surface area contributed by atoms with Crippen molar-refractivity contribution in [2.75, 3.05) is 38.1 Å². The molecule has 3 N–H and O–H groups in total. The van der Waals surface area contributed by atoms with Gasteiger partial charge < -0.3 is 25.6 Å². The Morgan fingerprint density at radius 3 is 2.52 bits per heavy atom. The number of ether oxygens (including phenoxy) is 1. The largest absolute Gasteiger partial charge is 0.450 e. The van der Waals surface area contributed by atoms with Crippen molar-refractivity contribution in [1.29, 1.82) is 0 Å². The van der Waals surface area contributed by atoms with E-state index in [0.29, 0.717) is 32.2 Å². The molecule has 27 heavy (non-hydrogen) atoms. The first-order chi connectivity index (χ1) is 13.1. The molecule has 1 aromatic carbocycles. The third kappa shape index (κ3) is 7.16. The molecule has 2 amide bonds. The molecule has 0 atom stereocenters. The van der Waals surface area contributed by atoms with Gasteiger partial charge in [0.1, 0.15) is 6.54 Å². The maximum atomic E-state index is 12.1. The van der Waals surface area contributed by atoms with Gasteiger partial charge in [0, 0.05) is 31.4 Å². The zero-order valence-electron chi connectivity index (χ0n) is 16.0. The number of nitrogens with one attached hydrogen (secondary N) is 3. The summed E-state index contributed by atoms with van der Waals surface area (Å²) in [6.07, 6.45) is 1.35. The summed E-state index contributed by atoms with van der Waals surface area (Å²) in [7, 11) is 0. The second kappa shape index (κ2) is 11.1. The van der Waals surface area contributed by atoms with Crippen molar-refractivity contribution in [2.24, 2.45) is 4.99 Å². The Balaban J connectivity index is 1.81. The Kier molecular flexibility index (Phi) is 8.41. The molecule has 1 aliphatic heterocycles. The summed E-state index contributed by atoms with van der Waals surface area (Å²) in [6, 6.07) is 9.50. The van der Waals surface area contributed by atoms with Crippen molar-refractivity contribution < 1.29 is 14.3 Å². The van der Waals surface area contributed by atoms with Crippen LogP contribution in [0.2, 0.25) is 0 Å². The zero-order valence-corrected chi connectivity index (χ0v) is 16.0. The lowest BCUT2D eigenvalue weighted by molar-refractivity contribution is -0.114. The van der Waals surface area contributed by atoms with E-state index in [1.807, 2.05) is 37.3 Å². The number of hydrogen-bond donors (Lipinski definition) is 3. The molecule has 1 aromatic rings. The molecule has 0 spiro atoms. The van der Waals surface area contributed by atoms with Crippen LogP contribution >= 0.6 is 0 Å². The Labute approximate surface area is 160 Å². The van der Waals surface area contributed by atoms with Crippen molar-refractivity contribution in [1.82, 2.24) is 15.5 Å². The first kappa shape index (κ1) is 20.5. The highest BCUT2D eigenvalue weighted by atomic mass is 16.6. The van der Waals surface area contributed by atoms with Crippen LogP contribution in [-0.4, -0.2) is 61.7 Å². The number of amides is 2. The second-order valence-corrected chi connectivity index (χ2v) is 6.21. The summed E-state index contributed by atoms with van der Waals surface area (Å²) in [5.41, 5.74) is 0.752. The number of anilines is 1. The van der Waals surface area contributed by atoms with Gasteiger partial charge in [0.05, 0.1) is 6.61 Å². The number of aliphatic imine (C=N–C) groups is 1. The van der Waals surface area contributed by atoms with Gasteiger partial charge in [0.25, 0.3) is 0 Å². The van der Waals surface area contributed by atoms with Crippen LogP contribution in [0.1, 0.15) is 26.7 Å². The molecule has 0 unspecified atom stereocenters. The van der Waals surface area contributed by atoms with Crippen LogP contribution in [0.15, 0.2) is 35.3 Å². The van der Waals surface area contributed by atoms with Crippen molar-refractivity contribution in [3.63, 3.8) is 0 Å². The topological polar surface area (TPSA) is 95.1 Å². The number of carbonyl (C=O) groups is 2. The lowest BCUT2D eigenvalue weighted by Gasteiger charge is -2.32. The third-order valence-corrected chi connectivity index (χ3v) is 4.14. The maximum Gasteiger partial charge on any atom is 0.409 e. The second-order valence-electron chi connectivity index (χ2n) is 6.21. The molecule has 0 aromatic heterocycles. The Morgan fingerprint density at radius 2 is 1.89 bits per heavy atom. The number of rotatable bonds is 6. The molecule has 0 radical (unpaired) electrons. The van der Waals surface area contributed by atoms with E-state index in [2.05, 4.69) is 20.9 Å². The molecule has 2 rings (SSSR count). The van der Waals surface area contributed by atoms with Crippen LogP contribution in [0.25, 0.3) is 0 Å². The summed E-state index contributed by atoms with van der Waals surface area (Å²) in [5.74, 6) is 0.436. The van der Waals surface area contributed by atoms with E-state index < -0.39 is 0 Å². The Hall–Kier alpha value is -2.77. The fourth-order valence-corrected chi connectivity index (χ4v) is 2.81. The SMILES string of the molecule is CCNC(=NCC(=O)Nc1ccccc1)NC1CCN(C(=O)OCC)CC1. The predicted octanol–water partition coefficient (Wildman–Crippen LogP) is 1.80. The summed E-state index contributed by atoms with van der Waals surface area (Å²) in [6.45, 7) is 6.19. The van der Waals surface area contributed by atoms with Gasteiger partial charge in [-0.2, -0.15) is 0 Å². The monoisotopic (exact) mass is 375 g/mol. The third-order valence-electron chi connectivity index (χ3n) is 4.14. The van der Waals surface area contributed by atoms with Gasteiger partial charge in [-0.1, -0.05) is 18.2 Å². The number of likely N-dealkylation sites (tertiary alicyclic amines) is 1. The average Bonchev–Trinajstić information content (AvgIpc) is 2.68. The summed E-state index contributed by atoms with van der Waals surface area (Å²) >= 11 is 0. The first-order valence-electron chi connectivity index (χ1n) is 9.43. The Bertz CT molecular complexity index is 627. The molecule has 1 aliphatic rings. The van der Waals surface area contributed by atoms with Crippen LogP contribution < -0.4 is 16.0 Å². The van der Waals surface area contributed by atoms with Crippen molar-refractivity contribution >= 4 is 23.6 Å².